The molecule has 0 rings (SSSR count). The number of nitrogens with one attached hydrogen (secondary N) is 1. The van der Waals surface area contributed by atoms with Gasteiger partial charge in [-0.2, -0.15) is 0 Å². The third kappa shape index (κ3) is 6.59. The Morgan fingerprint density at radius 3 is 2.65 bits per heavy atom. The molecule has 0 aliphatic heterocycles. The standard InChI is InChI=1S/C12H20N2O3/c1-4-6-7-13-12(17)10(3)14(8-5-2)9-11(15)16/h2,10H,4,6-9H2,1,3H3,(H,13,17)(H,15,16). The van der Waals surface area contributed by atoms with Gasteiger partial charge >= 0.3 is 5.97 Å². The summed E-state index contributed by atoms with van der Waals surface area (Å²) in [7, 11) is 0. The van der Waals surface area contributed by atoms with Crippen LogP contribution in [0.5, 0.6) is 0 Å². The number of rotatable bonds is 8. The van der Waals surface area contributed by atoms with Crippen LogP contribution in [-0.4, -0.2) is 47.6 Å². The highest BCUT2D eigenvalue weighted by Crippen LogP contribution is 1.99. The molecule has 0 aromatic rings. The fraction of sp³-hybridized carbons (Fsp3) is 0.667. The molecule has 0 radical (unpaired) electrons. The van der Waals surface area contributed by atoms with Gasteiger partial charge in [0.2, 0.25) is 5.91 Å². The number of aliphatic carboxylic acids is 1. The molecule has 0 heterocycles. The number of carboxylic acid groups (broad SMARTS) is 1. The molecule has 5 nitrogen and oxygen atoms in total. The molecule has 0 saturated heterocycles. The average Bonchev–Trinajstić information content (AvgIpc) is 2.27. The minimum atomic E-state index is -0.992. The number of hydrogen-bond donors (Lipinski definition) is 2. The molecule has 2 N–H and O–H groups in total. The van der Waals surface area contributed by atoms with Gasteiger partial charge in [0.05, 0.1) is 19.1 Å². The van der Waals surface area contributed by atoms with Gasteiger partial charge in [-0.3, -0.25) is 14.5 Å². The Labute approximate surface area is 102 Å². The highest BCUT2D eigenvalue weighted by atomic mass is 16.4. The number of unbranched alkanes of at least 4 members (excludes halogenated alkanes) is 1. The number of carbonyl (C=O) groups is 2. The minimum Gasteiger partial charge on any atom is -0.480 e. The lowest BCUT2D eigenvalue weighted by Crippen LogP contribution is -2.47. The van der Waals surface area contributed by atoms with E-state index in [0.29, 0.717) is 6.54 Å². The van der Waals surface area contributed by atoms with Crippen LogP contribution < -0.4 is 5.32 Å². The van der Waals surface area contributed by atoms with Crippen LogP contribution in [0.2, 0.25) is 0 Å². The fourth-order valence-electron chi connectivity index (χ4n) is 1.32. The van der Waals surface area contributed by atoms with Crippen molar-refractivity contribution in [1.29, 1.82) is 0 Å². The molecule has 0 aromatic carbocycles. The first-order chi connectivity index (χ1) is 8.02. The Bertz CT molecular complexity index is 297. The summed E-state index contributed by atoms with van der Waals surface area (Å²) in [6, 6.07) is -0.529. The van der Waals surface area contributed by atoms with Crippen LogP contribution in [0.1, 0.15) is 26.7 Å². The van der Waals surface area contributed by atoms with Gasteiger partial charge in [-0.1, -0.05) is 19.3 Å². The van der Waals surface area contributed by atoms with E-state index in [1.54, 1.807) is 6.92 Å². The Kier molecular flexibility index (Phi) is 7.82. The van der Waals surface area contributed by atoms with Gasteiger partial charge in [0.1, 0.15) is 0 Å². The van der Waals surface area contributed by atoms with Gasteiger partial charge in [0, 0.05) is 6.54 Å². The lowest BCUT2D eigenvalue weighted by Gasteiger charge is -2.24. The predicted molar refractivity (Wildman–Crippen MR) is 65.4 cm³/mol. The maximum atomic E-state index is 11.7. The van der Waals surface area contributed by atoms with Gasteiger partial charge < -0.3 is 10.4 Å². The molecule has 0 saturated carbocycles. The second-order valence-corrected chi connectivity index (χ2v) is 3.82. The van der Waals surface area contributed by atoms with E-state index < -0.39 is 12.0 Å². The van der Waals surface area contributed by atoms with E-state index in [0.717, 1.165) is 12.8 Å². The molecule has 1 amide bonds. The number of nitrogens with zero attached hydrogens (tertiary/aromatic N) is 1. The first-order valence-corrected chi connectivity index (χ1v) is 5.69. The second-order valence-electron chi connectivity index (χ2n) is 3.82. The molecule has 5 heteroatoms. The Hall–Kier alpha value is -1.54. The SMILES string of the molecule is C#CCN(CC(=O)O)C(C)C(=O)NCCCC. The van der Waals surface area contributed by atoms with Crippen molar-refractivity contribution in [2.75, 3.05) is 19.6 Å². The van der Waals surface area contributed by atoms with Crippen LogP contribution in [0.25, 0.3) is 0 Å². The number of terminal acetylenes is 1. The molecule has 1 unspecified atom stereocenters. The lowest BCUT2D eigenvalue weighted by molar-refractivity contribution is -0.139. The van der Waals surface area contributed by atoms with Crippen LogP contribution in [0.4, 0.5) is 0 Å². The third-order valence-electron chi connectivity index (χ3n) is 2.39. The van der Waals surface area contributed by atoms with Crippen LogP contribution >= 0.6 is 0 Å². The lowest BCUT2D eigenvalue weighted by atomic mass is 10.2. The maximum Gasteiger partial charge on any atom is 0.317 e. The van der Waals surface area contributed by atoms with E-state index in [-0.39, 0.29) is 19.0 Å². The van der Waals surface area contributed by atoms with E-state index in [9.17, 15) is 9.59 Å². The normalized spacial score (nSPS) is 11.9. The maximum absolute atomic E-state index is 11.7. The van der Waals surface area contributed by atoms with Gasteiger partial charge in [-0.05, 0) is 13.3 Å². The summed E-state index contributed by atoms with van der Waals surface area (Å²) in [4.78, 5) is 23.8. The molecule has 0 spiro atoms. The average molecular weight is 240 g/mol. The zero-order valence-electron chi connectivity index (χ0n) is 10.4. The number of amides is 1. The number of hydrogen-bond acceptors (Lipinski definition) is 3. The van der Waals surface area contributed by atoms with Crippen LogP contribution in [0, 0.1) is 12.3 Å². The highest BCUT2D eigenvalue weighted by molar-refractivity contribution is 5.82. The minimum absolute atomic E-state index is 0.147. The van der Waals surface area contributed by atoms with Crippen LogP contribution in [-0.2, 0) is 9.59 Å². The number of carboxylic acids is 1. The molecule has 0 aromatic heterocycles. The summed E-state index contributed by atoms with van der Waals surface area (Å²) < 4.78 is 0. The topological polar surface area (TPSA) is 69.6 Å². The Morgan fingerprint density at radius 2 is 2.18 bits per heavy atom. The molecule has 0 fully saturated rings. The predicted octanol–water partition coefficient (Wildman–Crippen LogP) is 0.311. The smallest absolute Gasteiger partial charge is 0.317 e. The summed E-state index contributed by atoms with van der Waals surface area (Å²) in [5.74, 6) is 1.18. The molecular formula is C12H20N2O3. The fourth-order valence-corrected chi connectivity index (χ4v) is 1.32. The van der Waals surface area contributed by atoms with E-state index in [4.69, 9.17) is 11.5 Å². The molecule has 0 aliphatic rings. The van der Waals surface area contributed by atoms with Gasteiger partial charge in [0.15, 0.2) is 0 Å². The van der Waals surface area contributed by atoms with E-state index >= 15 is 0 Å². The summed E-state index contributed by atoms with van der Waals surface area (Å²) in [6.45, 7) is 4.21. The third-order valence-corrected chi connectivity index (χ3v) is 2.39. The molecule has 96 valence electrons. The van der Waals surface area contributed by atoms with Crippen LogP contribution in [0.15, 0.2) is 0 Å². The van der Waals surface area contributed by atoms with Gasteiger partial charge in [-0.25, -0.2) is 0 Å². The summed E-state index contributed by atoms with van der Waals surface area (Å²) >= 11 is 0. The quantitative estimate of drug-likeness (QED) is 0.473. The van der Waals surface area contributed by atoms with Crippen molar-refractivity contribution in [3.05, 3.63) is 0 Å². The molecular weight excluding hydrogens is 220 g/mol. The van der Waals surface area contributed by atoms with Crippen molar-refractivity contribution in [1.82, 2.24) is 10.2 Å². The van der Waals surface area contributed by atoms with Crippen molar-refractivity contribution in [3.63, 3.8) is 0 Å². The van der Waals surface area contributed by atoms with Crippen molar-refractivity contribution in [3.8, 4) is 12.3 Å². The second kappa shape index (κ2) is 8.59. The van der Waals surface area contributed by atoms with Gasteiger partial charge in [0.25, 0.3) is 0 Å². The Balaban J connectivity index is 4.28. The summed E-state index contributed by atoms with van der Waals surface area (Å²) in [5, 5.41) is 11.5. The van der Waals surface area contributed by atoms with Gasteiger partial charge in [-0.15, -0.1) is 6.42 Å². The largest absolute Gasteiger partial charge is 0.480 e. The number of carbonyl (C=O) groups excluding carboxylic acids is 1. The van der Waals surface area contributed by atoms with Crippen molar-refractivity contribution >= 4 is 11.9 Å². The first kappa shape index (κ1) is 15.5. The summed E-state index contributed by atoms with van der Waals surface area (Å²) in [5.41, 5.74) is 0. The van der Waals surface area contributed by atoms with Crippen molar-refractivity contribution in [2.45, 2.75) is 32.7 Å². The summed E-state index contributed by atoms with van der Waals surface area (Å²) in [6.07, 6.45) is 7.06. The highest BCUT2D eigenvalue weighted by Gasteiger charge is 2.21. The zero-order chi connectivity index (χ0) is 13.3. The molecule has 0 bridgehead atoms. The molecule has 17 heavy (non-hydrogen) atoms. The van der Waals surface area contributed by atoms with E-state index in [1.165, 1.54) is 4.90 Å². The van der Waals surface area contributed by atoms with Crippen LogP contribution in [0.3, 0.4) is 0 Å². The van der Waals surface area contributed by atoms with E-state index in [2.05, 4.69) is 11.2 Å². The van der Waals surface area contributed by atoms with Crippen molar-refractivity contribution < 1.29 is 14.7 Å². The van der Waals surface area contributed by atoms with E-state index in [1.807, 2.05) is 6.92 Å². The molecule has 1 atom stereocenters. The zero-order valence-corrected chi connectivity index (χ0v) is 10.4. The Morgan fingerprint density at radius 1 is 1.53 bits per heavy atom. The monoisotopic (exact) mass is 240 g/mol. The van der Waals surface area contributed by atoms with Crippen molar-refractivity contribution in [2.24, 2.45) is 0 Å². The molecule has 0 aliphatic carbocycles. The first-order valence-electron chi connectivity index (χ1n) is 5.69.